The van der Waals surface area contributed by atoms with E-state index in [1.165, 1.54) is 6.07 Å². The molecule has 20 heavy (non-hydrogen) atoms. The van der Waals surface area contributed by atoms with E-state index < -0.39 is 5.97 Å². The highest BCUT2D eigenvalue weighted by molar-refractivity contribution is 7.15. The third kappa shape index (κ3) is 2.45. The average Bonchev–Trinajstić information content (AvgIpc) is 2.96. The first-order chi connectivity index (χ1) is 9.66. The summed E-state index contributed by atoms with van der Waals surface area (Å²) in [5.74, 6) is -1.03. The van der Waals surface area contributed by atoms with Crippen LogP contribution in [0.4, 0.5) is 0 Å². The van der Waals surface area contributed by atoms with Gasteiger partial charge in [0.05, 0.1) is 23.6 Å². The number of carbonyl (C=O) groups excluding carboxylic acids is 1. The molecule has 1 aromatic rings. The van der Waals surface area contributed by atoms with E-state index in [2.05, 4.69) is 0 Å². The van der Waals surface area contributed by atoms with Crippen LogP contribution in [-0.2, 0) is 4.74 Å². The number of ether oxygens (including phenoxy) is 1. The number of amides is 1. The maximum atomic E-state index is 12.6. The molecule has 2 fully saturated rings. The molecule has 2 atom stereocenters. The van der Waals surface area contributed by atoms with Crippen molar-refractivity contribution >= 4 is 23.2 Å². The maximum absolute atomic E-state index is 12.6. The topological polar surface area (TPSA) is 66.8 Å². The third-order valence-corrected chi connectivity index (χ3v) is 5.08. The van der Waals surface area contributed by atoms with Gasteiger partial charge in [0, 0.05) is 6.54 Å². The molecule has 1 aliphatic heterocycles. The second-order valence-electron chi connectivity index (χ2n) is 5.23. The van der Waals surface area contributed by atoms with E-state index in [-0.39, 0.29) is 22.9 Å². The van der Waals surface area contributed by atoms with Crippen molar-refractivity contribution in [2.24, 2.45) is 0 Å². The summed E-state index contributed by atoms with van der Waals surface area (Å²) in [6.45, 7) is 1.17. The molecule has 0 spiro atoms. The van der Waals surface area contributed by atoms with Crippen LogP contribution in [0, 0.1) is 0 Å². The van der Waals surface area contributed by atoms with Crippen LogP contribution in [0.1, 0.15) is 45.0 Å². The Bertz CT molecular complexity index is 525. The van der Waals surface area contributed by atoms with E-state index in [9.17, 15) is 9.59 Å². The van der Waals surface area contributed by atoms with E-state index >= 15 is 0 Å². The number of rotatable bonds is 2. The Hall–Kier alpha value is -1.40. The molecule has 108 valence electrons. The van der Waals surface area contributed by atoms with Crippen LogP contribution in [0.5, 0.6) is 0 Å². The molecule has 1 amide bonds. The van der Waals surface area contributed by atoms with Gasteiger partial charge < -0.3 is 14.7 Å². The standard InChI is InChI=1S/C14H17NO4S/c16-13(11-5-6-12(20-11)14(17)18)15-7-8-19-10-4-2-1-3-9(10)15/h5-6,9-10H,1-4,7-8H2,(H,17,18)/t9-,10-/m0/s1. The molecule has 6 heteroatoms. The number of morpholine rings is 1. The molecule has 5 nitrogen and oxygen atoms in total. The Labute approximate surface area is 121 Å². The Morgan fingerprint density at radius 2 is 2.00 bits per heavy atom. The van der Waals surface area contributed by atoms with E-state index in [0.717, 1.165) is 37.0 Å². The van der Waals surface area contributed by atoms with Crippen molar-refractivity contribution < 1.29 is 19.4 Å². The Kier molecular flexibility index (Phi) is 3.76. The minimum atomic E-state index is -0.980. The van der Waals surface area contributed by atoms with Crippen LogP contribution >= 0.6 is 11.3 Å². The molecule has 1 aromatic heterocycles. The lowest BCUT2D eigenvalue weighted by atomic mass is 9.90. The molecule has 1 N–H and O–H groups in total. The van der Waals surface area contributed by atoms with Crippen LogP contribution in [0.2, 0.25) is 0 Å². The number of hydrogen-bond acceptors (Lipinski definition) is 4. The fraction of sp³-hybridized carbons (Fsp3) is 0.571. The zero-order valence-electron chi connectivity index (χ0n) is 11.1. The van der Waals surface area contributed by atoms with Gasteiger partial charge in [0.15, 0.2) is 0 Å². The van der Waals surface area contributed by atoms with E-state index in [1.54, 1.807) is 6.07 Å². The van der Waals surface area contributed by atoms with Gasteiger partial charge in [0.2, 0.25) is 0 Å². The Balaban J connectivity index is 1.79. The van der Waals surface area contributed by atoms with E-state index in [0.29, 0.717) is 18.0 Å². The van der Waals surface area contributed by atoms with Crippen molar-refractivity contribution in [3.05, 3.63) is 21.9 Å². The van der Waals surface area contributed by atoms with Crippen molar-refractivity contribution in [3.63, 3.8) is 0 Å². The summed E-state index contributed by atoms with van der Waals surface area (Å²) in [6, 6.07) is 3.27. The van der Waals surface area contributed by atoms with Gasteiger partial charge in [-0.3, -0.25) is 4.79 Å². The summed E-state index contributed by atoms with van der Waals surface area (Å²) in [7, 11) is 0. The van der Waals surface area contributed by atoms with Gasteiger partial charge in [-0.25, -0.2) is 4.79 Å². The molecule has 0 bridgehead atoms. The largest absolute Gasteiger partial charge is 0.477 e. The second-order valence-corrected chi connectivity index (χ2v) is 6.31. The Morgan fingerprint density at radius 3 is 2.75 bits per heavy atom. The molecular formula is C14H17NO4S. The van der Waals surface area contributed by atoms with E-state index in [4.69, 9.17) is 9.84 Å². The average molecular weight is 295 g/mol. The summed E-state index contributed by atoms with van der Waals surface area (Å²) < 4.78 is 5.76. The summed E-state index contributed by atoms with van der Waals surface area (Å²) in [4.78, 5) is 26.1. The third-order valence-electron chi connectivity index (χ3n) is 4.02. The molecular weight excluding hydrogens is 278 g/mol. The summed E-state index contributed by atoms with van der Waals surface area (Å²) in [5.41, 5.74) is 0. The molecule has 0 aromatic carbocycles. The molecule has 1 aliphatic carbocycles. The molecule has 2 heterocycles. The first-order valence-corrected chi connectivity index (χ1v) is 7.74. The monoisotopic (exact) mass is 295 g/mol. The van der Waals surface area contributed by atoms with Crippen LogP contribution in [0.25, 0.3) is 0 Å². The molecule has 3 rings (SSSR count). The van der Waals surface area contributed by atoms with Crippen LogP contribution in [-0.4, -0.2) is 47.2 Å². The fourth-order valence-electron chi connectivity index (χ4n) is 3.06. The highest BCUT2D eigenvalue weighted by Gasteiger charge is 2.37. The number of aromatic carboxylic acids is 1. The minimum Gasteiger partial charge on any atom is -0.477 e. The van der Waals surface area contributed by atoms with Crippen molar-refractivity contribution in [1.29, 1.82) is 0 Å². The number of carboxylic acid groups (broad SMARTS) is 1. The zero-order valence-corrected chi connectivity index (χ0v) is 11.9. The zero-order chi connectivity index (χ0) is 14.1. The van der Waals surface area contributed by atoms with Gasteiger partial charge in [-0.1, -0.05) is 12.8 Å². The molecule has 0 radical (unpaired) electrons. The van der Waals surface area contributed by atoms with Gasteiger partial charge in [-0.05, 0) is 25.0 Å². The van der Waals surface area contributed by atoms with Gasteiger partial charge in [-0.15, -0.1) is 11.3 Å². The minimum absolute atomic E-state index is 0.0531. The number of carbonyl (C=O) groups is 2. The SMILES string of the molecule is O=C(O)c1ccc(C(=O)N2CCO[C@H]3CCCC[C@@H]32)s1. The molecule has 2 aliphatic rings. The number of nitrogens with zero attached hydrogens (tertiary/aromatic N) is 1. The van der Waals surface area contributed by atoms with Crippen molar-refractivity contribution in [2.75, 3.05) is 13.2 Å². The predicted octanol–water partition coefficient (Wildman–Crippen LogP) is 2.23. The Morgan fingerprint density at radius 1 is 1.25 bits per heavy atom. The fourth-order valence-corrected chi connectivity index (χ4v) is 3.86. The quantitative estimate of drug-likeness (QED) is 0.908. The predicted molar refractivity (Wildman–Crippen MR) is 74.3 cm³/mol. The highest BCUT2D eigenvalue weighted by atomic mass is 32.1. The summed E-state index contributed by atoms with van der Waals surface area (Å²) in [6.07, 6.45) is 4.43. The second kappa shape index (κ2) is 5.54. The lowest BCUT2D eigenvalue weighted by Gasteiger charge is -2.43. The van der Waals surface area contributed by atoms with Gasteiger partial charge >= 0.3 is 5.97 Å². The van der Waals surface area contributed by atoms with Crippen molar-refractivity contribution in [2.45, 2.75) is 37.8 Å². The molecule has 0 unspecified atom stereocenters. The summed E-state index contributed by atoms with van der Waals surface area (Å²) in [5, 5.41) is 8.94. The van der Waals surface area contributed by atoms with Crippen molar-refractivity contribution in [3.8, 4) is 0 Å². The highest BCUT2D eigenvalue weighted by Crippen LogP contribution is 2.30. The van der Waals surface area contributed by atoms with Crippen LogP contribution < -0.4 is 0 Å². The number of carboxylic acids is 1. The first-order valence-electron chi connectivity index (χ1n) is 6.92. The summed E-state index contributed by atoms with van der Waals surface area (Å²) >= 11 is 1.05. The van der Waals surface area contributed by atoms with Gasteiger partial charge in [0.1, 0.15) is 4.88 Å². The lowest BCUT2D eigenvalue weighted by Crippen LogP contribution is -2.54. The smallest absolute Gasteiger partial charge is 0.345 e. The van der Waals surface area contributed by atoms with Gasteiger partial charge in [0.25, 0.3) is 5.91 Å². The van der Waals surface area contributed by atoms with Crippen molar-refractivity contribution in [1.82, 2.24) is 4.90 Å². The first kappa shape index (κ1) is 13.6. The number of thiophene rings is 1. The maximum Gasteiger partial charge on any atom is 0.345 e. The van der Waals surface area contributed by atoms with E-state index in [1.807, 2.05) is 4.90 Å². The normalized spacial score (nSPS) is 26.1. The van der Waals surface area contributed by atoms with Crippen LogP contribution in [0.15, 0.2) is 12.1 Å². The molecule has 1 saturated heterocycles. The van der Waals surface area contributed by atoms with Crippen LogP contribution in [0.3, 0.4) is 0 Å². The number of fused-ring (bicyclic) bond motifs is 1. The molecule has 1 saturated carbocycles. The van der Waals surface area contributed by atoms with Gasteiger partial charge in [-0.2, -0.15) is 0 Å². The lowest BCUT2D eigenvalue weighted by molar-refractivity contribution is -0.0751. The number of hydrogen-bond donors (Lipinski definition) is 1.